The normalized spacial score (nSPS) is 12.6. The maximum Gasteiger partial charge on any atom is 0.437 e. The molecule has 2 rings (SSSR count). The number of oxime groups is 1. The molecule has 0 saturated heterocycles. The lowest BCUT2D eigenvalue weighted by Crippen LogP contribution is -2.25. The molecule has 0 N–H and O–H groups in total. The van der Waals surface area contributed by atoms with Crippen molar-refractivity contribution in [3.8, 4) is 11.5 Å². The number of hydrogen-bond acceptors (Lipinski definition) is 6. The number of halogens is 7. The minimum Gasteiger partial charge on any atom is -0.494 e. The lowest BCUT2D eigenvalue weighted by molar-refractivity contribution is -0.0597. The fourth-order valence-corrected chi connectivity index (χ4v) is 3.12. The van der Waals surface area contributed by atoms with Gasteiger partial charge in [0.15, 0.2) is 28.0 Å². The maximum absolute atomic E-state index is 14.0. The molecule has 0 aliphatic rings. The van der Waals surface area contributed by atoms with Crippen LogP contribution in [-0.4, -0.2) is 34.0 Å². The van der Waals surface area contributed by atoms with Crippen LogP contribution in [0.4, 0.5) is 30.7 Å². The van der Waals surface area contributed by atoms with Crippen molar-refractivity contribution in [2.75, 3.05) is 13.7 Å². The van der Waals surface area contributed by atoms with Crippen LogP contribution >= 0.6 is 0 Å². The van der Waals surface area contributed by atoms with Gasteiger partial charge in [0, 0.05) is 5.56 Å². The fourth-order valence-electron chi connectivity index (χ4n) is 2.26. The summed E-state index contributed by atoms with van der Waals surface area (Å²) in [5, 5.41) is 2.43. The molecular weight excluding hydrogens is 463 g/mol. The van der Waals surface area contributed by atoms with Crippen molar-refractivity contribution < 1.29 is 52.9 Å². The summed E-state index contributed by atoms with van der Waals surface area (Å²) in [5.74, 6) is -10.8. The van der Waals surface area contributed by atoms with E-state index < -0.39 is 61.5 Å². The minimum absolute atomic E-state index is 0.189. The van der Waals surface area contributed by atoms with Crippen molar-refractivity contribution in [2.24, 2.45) is 5.16 Å². The van der Waals surface area contributed by atoms with E-state index in [0.717, 1.165) is 24.3 Å². The molecule has 6 nitrogen and oxygen atoms in total. The van der Waals surface area contributed by atoms with Crippen molar-refractivity contribution in [1.82, 2.24) is 0 Å². The van der Waals surface area contributed by atoms with Crippen LogP contribution in [0.3, 0.4) is 0 Å². The zero-order valence-corrected chi connectivity index (χ0v) is 16.4. The molecule has 2 aromatic rings. The van der Waals surface area contributed by atoms with Crippen LogP contribution < -0.4 is 9.47 Å². The Labute approximate surface area is 170 Å². The summed E-state index contributed by atoms with van der Waals surface area (Å²) in [6.07, 6.45) is -5.28. The highest BCUT2D eigenvalue weighted by molar-refractivity contribution is 7.86. The Bertz CT molecular complexity index is 1070. The number of hydrogen-bond donors (Lipinski definition) is 0. The van der Waals surface area contributed by atoms with Crippen molar-refractivity contribution in [3.05, 3.63) is 53.1 Å². The highest BCUT2D eigenvalue weighted by atomic mass is 32.2. The molecule has 2 aromatic carbocycles. The standard InChI is InChI=1S/C17H12F7NO5S/c1-3-29-9-6-4-8(5-7-9)16(17(22,23)24)25-30-31(26,27)15-12(20)10(18)14(28-2)11(19)13(15)21/h4-7H,3H2,1-2H3/b25-16-. The van der Waals surface area contributed by atoms with E-state index >= 15 is 0 Å². The Morgan fingerprint density at radius 2 is 1.48 bits per heavy atom. The second-order valence-corrected chi connectivity index (χ2v) is 7.01. The molecule has 0 amide bonds. The molecule has 0 atom stereocenters. The third-order valence-corrected chi connectivity index (χ3v) is 4.70. The molecule has 0 unspecified atom stereocenters. The van der Waals surface area contributed by atoms with Gasteiger partial charge in [-0.2, -0.15) is 30.4 Å². The monoisotopic (exact) mass is 475 g/mol. The van der Waals surface area contributed by atoms with E-state index in [4.69, 9.17) is 4.74 Å². The Morgan fingerprint density at radius 1 is 0.968 bits per heavy atom. The molecule has 170 valence electrons. The second kappa shape index (κ2) is 8.99. The Morgan fingerprint density at radius 3 is 1.90 bits per heavy atom. The van der Waals surface area contributed by atoms with Crippen molar-refractivity contribution in [2.45, 2.75) is 18.0 Å². The molecule has 0 fully saturated rings. The SMILES string of the molecule is CCOc1ccc(/C(=N/OS(=O)(=O)c2c(F)c(F)c(OC)c(F)c2F)C(F)(F)F)cc1. The predicted octanol–water partition coefficient (Wildman–Crippen LogP) is 4.32. The van der Waals surface area contributed by atoms with Crippen LogP contribution in [-0.2, 0) is 14.4 Å². The first-order valence-corrected chi connectivity index (χ1v) is 9.48. The molecule has 0 heterocycles. The molecule has 0 radical (unpaired) electrons. The summed E-state index contributed by atoms with van der Waals surface area (Å²) in [6.45, 7) is 1.84. The van der Waals surface area contributed by atoms with Crippen molar-refractivity contribution in [3.63, 3.8) is 0 Å². The van der Waals surface area contributed by atoms with Gasteiger partial charge in [-0.25, -0.2) is 8.78 Å². The van der Waals surface area contributed by atoms with Crippen LogP contribution in [0.5, 0.6) is 11.5 Å². The number of methoxy groups -OCH3 is 1. The molecule has 0 bridgehead atoms. The highest BCUT2D eigenvalue weighted by Gasteiger charge is 2.40. The van der Waals surface area contributed by atoms with Crippen LogP contribution in [0.15, 0.2) is 34.3 Å². The number of nitrogens with zero attached hydrogens (tertiary/aromatic N) is 1. The second-order valence-electron chi connectivity index (χ2n) is 5.54. The summed E-state index contributed by atoms with van der Waals surface area (Å²) in [5.41, 5.74) is -2.60. The van der Waals surface area contributed by atoms with Gasteiger partial charge >= 0.3 is 16.3 Å². The highest BCUT2D eigenvalue weighted by Crippen LogP contribution is 2.33. The summed E-state index contributed by atoms with van der Waals surface area (Å²) >= 11 is 0. The Balaban J connectivity index is 2.54. The van der Waals surface area contributed by atoms with Gasteiger partial charge in [-0.05, 0) is 31.2 Å². The molecule has 14 heteroatoms. The van der Waals surface area contributed by atoms with Gasteiger partial charge in [0.2, 0.25) is 11.6 Å². The summed E-state index contributed by atoms with van der Waals surface area (Å²) in [6, 6.07) is 3.95. The van der Waals surface area contributed by atoms with Crippen LogP contribution in [0.25, 0.3) is 0 Å². The first-order valence-electron chi connectivity index (χ1n) is 8.07. The zero-order chi connectivity index (χ0) is 23.6. The van der Waals surface area contributed by atoms with Gasteiger partial charge in [0.05, 0.1) is 13.7 Å². The number of rotatable bonds is 7. The molecule has 0 saturated carbocycles. The van der Waals surface area contributed by atoms with E-state index in [9.17, 15) is 39.2 Å². The lowest BCUT2D eigenvalue weighted by Gasteiger charge is -2.12. The van der Waals surface area contributed by atoms with Gasteiger partial charge in [-0.1, -0.05) is 5.16 Å². The van der Waals surface area contributed by atoms with Gasteiger partial charge in [0.25, 0.3) is 0 Å². The van der Waals surface area contributed by atoms with E-state index in [0.29, 0.717) is 7.11 Å². The average Bonchev–Trinajstić information content (AvgIpc) is 2.67. The summed E-state index contributed by atoms with van der Waals surface area (Å²) in [4.78, 5) is -2.32. The van der Waals surface area contributed by atoms with E-state index in [1.807, 2.05) is 0 Å². The topological polar surface area (TPSA) is 74.2 Å². The van der Waals surface area contributed by atoms with Crippen LogP contribution in [0, 0.1) is 23.3 Å². The smallest absolute Gasteiger partial charge is 0.437 e. The molecule has 31 heavy (non-hydrogen) atoms. The Hall–Kier alpha value is -3.03. The van der Waals surface area contributed by atoms with E-state index in [2.05, 4.69) is 14.2 Å². The Kier molecular flexibility index (Phi) is 7.03. The summed E-state index contributed by atoms with van der Waals surface area (Å²) in [7, 11) is -5.23. The first kappa shape index (κ1) is 24.2. The average molecular weight is 475 g/mol. The lowest BCUT2D eigenvalue weighted by atomic mass is 10.1. The van der Waals surface area contributed by atoms with Gasteiger partial charge in [-0.3, -0.25) is 4.28 Å². The molecule has 0 spiro atoms. The number of ether oxygens (including phenoxy) is 2. The first-order chi connectivity index (χ1) is 14.3. The van der Waals surface area contributed by atoms with E-state index in [1.54, 1.807) is 6.92 Å². The van der Waals surface area contributed by atoms with Gasteiger partial charge in [0.1, 0.15) is 5.75 Å². The third kappa shape index (κ3) is 5.00. The van der Waals surface area contributed by atoms with Gasteiger partial charge in [-0.15, -0.1) is 0 Å². The molecular formula is C17H12F7NO5S. The largest absolute Gasteiger partial charge is 0.494 e. The van der Waals surface area contributed by atoms with Gasteiger partial charge < -0.3 is 9.47 Å². The molecule has 0 aliphatic heterocycles. The third-order valence-electron chi connectivity index (χ3n) is 3.57. The van der Waals surface area contributed by atoms with Crippen LogP contribution in [0.2, 0.25) is 0 Å². The van der Waals surface area contributed by atoms with Crippen LogP contribution in [0.1, 0.15) is 12.5 Å². The molecule has 0 aliphatic carbocycles. The summed E-state index contributed by atoms with van der Waals surface area (Å²) < 4.78 is 132. The van der Waals surface area contributed by atoms with Crippen molar-refractivity contribution in [1.29, 1.82) is 0 Å². The number of benzene rings is 2. The zero-order valence-electron chi connectivity index (χ0n) is 15.6. The van der Waals surface area contributed by atoms with Crippen molar-refractivity contribution >= 4 is 15.8 Å². The maximum atomic E-state index is 14.0. The van der Waals surface area contributed by atoms with E-state index in [1.165, 1.54) is 0 Å². The number of alkyl halides is 3. The fraction of sp³-hybridized carbons (Fsp3) is 0.235. The quantitative estimate of drug-likeness (QED) is 0.258. The minimum atomic E-state index is -5.87. The predicted molar refractivity (Wildman–Crippen MR) is 91.3 cm³/mol. The van der Waals surface area contributed by atoms with E-state index in [-0.39, 0.29) is 12.4 Å². The molecule has 0 aromatic heterocycles.